The van der Waals surface area contributed by atoms with Crippen LogP contribution in [0.3, 0.4) is 0 Å². The maximum absolute atomic E-state index is 10.7. The summed E-state index contributed by atoms with van der Waals surface area (Å²) in [6, 6.07) is 0. The van der Waals surface area contributed by atoms with Gasteiger partial charge in [0, 0.05) is 6.61 Å². The van der Waals surface area contributed by atoms with E-state index in [9.17, 15) is 4.79 Å². The van der Waals surface area contributed by atoms with Gasteiger partial charge in [-0.2, -0.15) is 0 Å². The SMILES string of the molecule is CCOC(C=O)CCC(C)CCC=C(C)C. The van der Waals surface area contributed by atoms with Gasteiger partial charge in [-0.15, -0.1) is 0 Å². The molecule has 0 saturated heterocycles. The van der Waals surface area contributed by atoms with Gasteiger partial charge in [-0.3, -0.25) is 0 Å². The smallest absolute Gasteiger partial charge is 0.148 e. The molecule has 0 aliphatic rings. The maximum atomic E-state index is 10.7. The van der Waals surface area contributed by atoms with Crippen molar-refractivity contribution in [3.8, 4) is 0 Å². The van der Waals surface area contributed by atoms with Crippen molar-refractivity contribution in [1.82, 2.24) is 0 Å². The molecule has 2 atom stereocenters. The van der Waals surface area contributed by atoms with Crippen LogP contribution in [0.4, 0.5) is 0 Å². The number of ether oxygens (including phenoxy) is 1. The Morgan fingerprint density at radius 1 is 1.25 bits per heavy atom. The molecule has 0 aliphatic heterocycles. The molecule has 0 bridgehead atoms. The number of carbonyl (C=O) groups excluding carboxylic acids is 1. The fraction of sp³-hybridized carbons (Fsp3) is 0.786. The van der Waals surface area contributed by atoms with Crippen molar-refractivity contribution in [2.24, 2.45) is 5.92 Å². The molecule has 0 aliphatic carbocycles. The van der Waals surface area contributed by atoms with Crippen LogP contribution in [0.25, 0.3) is 0 Å². The van der Waals surface area contributed by atoms with Gasteiger partial charge in [-0.25, -0.2) is 0 Å². The molecule has 0 radical (unpaired) electrons. The number of rotatable bonds is 9. The van der Waals surface area contributed by atoms with Crippen LogP contribution in [0.5, 0.6) is 0 Å². The van der Waals surface area contributed by atoms with Gasteiger partial charge < -0.3 is 9.53 Å². The van der Waals surface area contributed by atoms with E-state index in [2.05, 4.69) is 26.8 Å². The number of allylic oxidation sites excluding steroid dienone is 2. The zero-order chi connectivity index (χ0) is 12.4. The Kier molecular flexibility index (Phi) is 9.21. The lowest BCUT2D eigenvalue weighted by Crippen LogP contribution is -2.15. The van der Waals surface area contributed by atoms with Crippen molar-refractivity contribution in [1.29, 1.82) is 0 Å². The van der Waals surface area contributed by atoms with Crippen molar-refractivity contribution < 1.29 is 9.53 Å². The second kappa shape index (κ2) is 9.59. The third-order valence-electron chi connectivity index (χ3n) is 2.69. The van der Waals surface area contributed by atoms with Crippen molar-refractivity contribution in [2.45, 2.75) is 59.5 Å². The summed E-state index contributed by atoms with van der Waals surface area (Å²) in [5, 5.41) is 0. The summed E-state index contributed by atoms with van der Waals surface area (Å²) in [7, 11) is 0. The maximum Gasteiger partial charge on any atom is 0.148 e. The van der Waals surface area contributed by atoms with Gasteiger partial charge in [0.15, 0.2) is 0 Å². The molecule has 0 spiro atoms. The number of carbonyl (C=O) groups is 1. The molecular weight excluding hydrogens is 200 g/mol. The third kappa shape index (κ3) is 8.66. The number of hydrogen-bond acceptors (Lipinski definition) is 2. The standard InChI is InChI=1S/C14H26O2/c1-5-16-14(11-15)10-9-13(4)8-6-7-12(2)3/h7,11,13-14H,5-6,8-10H2,1-4H3. The van der Waals surface area contributed by atoms with Crippen LogP contribution in [0.1, 0.15) is 53.4 Å². The highest BCUT2D eigenvalue weighted by Gasteiger charge is 2.09. The normalized spacial score (nSPS) is 14.2. The van der Waals surface area contributed by atoms with Gasteiger partial charge in [0.25, 0.3) is 0 Å². The van der Waals surface area contributed by atoms with E-state index in [0.717, 1.165) is 25.5 Å². The first-order valence-electron chi connectivity index (χ1n) is 6.30. The highest BCUT2D eigenvalue weighted by Crippen LogP contribution is 2.15. The molecule has 0 aromatic rings. The average molecular weight is 226 g/mol. The molecule has 0 aromatic carbocycles. The van der Waals surface area contributed by atoms with Gasteiger partial charge in [0.1, 0.15) is 12.4 Å². The highest BCUT2D eigenvalue weighted by atomic mass is 16.5. The summed E-state index contributed by atoms with van der Waals surface area (Å²) in [4.78, 5) is 10.7. The van der Waals surface area contributed by atoms with Crippen LogP contribution < -0.4 is 0 Å². The fourth-order valence-electron chi connectivity index (χ4n) is 1.65. The molecule has 0 amide bonds. The lowest BCUT2D eigenvalue weighted by Gasteiger charge is -2.14. The minimum atomic E-state index is -0.198. The van der Waals surface area contributed by atoms with Crippen molar-refractivity contribution in [3.63, 3.8) is 0 Å². The first-order valence-corrected chi connectivity index (χ1v) is 6.30. The summed E-state index contributed by atoms with van der Waals surface area (Å²) >= 11 is 0. The van der Waals surface area contributed by atoms with Gasteiger partial charge in [0.2, 0.25) is 0 Å². The van der Waals surface area contributed by atoms with E-state index >= 15 is 0 Å². The Morgan fingerprint density at radius 2 is 1.94 bits per heavy atom. The van der Waals surface area contributed by atoms with Crippen molar-refractivity contribution >= 4 is 6.29 Å². The molecule has 0 heterocycles. The van der Waals surface area contributed by atoms with Gasteiger partial charge in [-0.1, -0.05) is 18.6 Å². The van der Waals surface area contributed by atoms with Crippen LogP contribution in [0.2, 0.25) is 0 Å². The Balaban J connectivity index is 3.66. The van der Waals surface area contributed by atoms with Crippen LogP contribution in [0.15, 0.2) is 11.6 Å². The first kappa shape index (κ1) is 15.4. The Hall–Kier alpha value is -0.630. The summed E-state index contributed by atoms with van der Waals surface area (Å²) in [6.45, 7) is 9.04. The minimum Gasteiger partial charge on any atom is -0.371 e. The van der Waals surface area contributed by atoms with E-state index in [-0.39, 0.29) is 6.10 Å². The monoisotopic (exact) mass is 226 g/mol. The lowest BCUT2D eigenvalue weighted by molar-refractivity contribution is -0.118. The Labute approximate surface area is 100 Å². The summed E-state index contributed by atoms with van der Waals surface area (Å²) in [5.41, 5.74) is 1.38. The van der Waals surface area contributed by atoms with E-state index in [4.69, 9.17) is 4.74 Å². The molecule has 0 rings (SSSR count). The van der Waals surface area contributed by atoms with E-state index in [0.29, 0.717) is 12.5 Å². The Bertz CT molecular complexity index is 205. The predicted molar refractivity (Wildman–Crippen MR) is 68.5 cm³/mol. The van der Waals surface area contributed by atoms with E-state index < -0.39 is 0 Å². The molecular formula is C14H26O2. The Morgan fingerprint density at radius 3 is 2.44 bits per heavy atom. The molecule has 0 saturated carbocycles. The predicted octanol–water partition coefficient (Wildman–Crippen LogP) is 3.75. The summed E-state index contributed by atoms with van der Waals surface area (Å²) in [6.07, 6.45) is 7.26. The van der Waals surface area contributed by atoms with Crippen LogP contribution in [-0.2, 0) is 9.53 Å². The molecule has 2 nitrogen and oxygen atoms in total. The quantitative estimate of drug-likeness (QED) is 0.442. The van der Waals surface area contributed by atoms with E-state index in [1.165, 1.54) is 12.0 Å². The first-order chi connectivity index (χ1) is 7.60. The second-order valence-corrected chi connectivity index (χ2v) is 4.67. The van der Waals surface area contributed by atoms with Gasteiger partial charge >= 0.3 is 0 Å². The summed E-state index contributed by atoms with van der Waals surface area (Å²) in [5.74, 6) is 0.665. The molecule has 0 aromatic heterocycles. The lowest BCUT2D eigenvalue weighted by atomic mass is 9.97. The second-order valence-electron chi connectivity index (χ2n) is 4.67. The van der Waals surface area contributed by atoms with E-state index in [1.54, 1.807) is 0 Å². The molecule has 2 unspecified atom stereocenters. The fourth-order valence-corrected chi connectivity index (χ4v) is 1.65. The van der Waals surface area contributed by atoms with Crippen LogP contribution in [0, 0.1) is 5.92 Å². The van der Waals surface area contributed by atoms with Gasteiger partial charge in [0.05, 0.1) is 0 Å². The average Bonchev–Trinajstić information content (AvgIpc) is 2.23. The zero-order valence-electron chi connectivity index (χ0n) is 11.2. The zero-order valence-corrected chi connectivity index (χ0v) is 11.2. The van der Waals surface area contributed by atoms with Crippen molar-refractivity contribution in [3.05, 3.63) is 11.6 Å². The van der Waals surface area contributed by atoms with Crippen LogP contribution in [-0.4, -0.2) is 19.0 Å². The third-order valence-corrected chi connectivity index (χ3v) is 2.69. The van der Waals surface area contributed by atoms with E-state index in [1.807, 2.05) is 6.92 Å². The molecule has 2 heteroatoms. The highest BCUT2D eigenvalue weighted by molar-refractivity contribution is 5.55. The molecule has 16 heavy (non-hydrogen) atoms. The number of aldehydes is 1. The summed E-state index contributed by atoms with van der Waals surface area (Å²) < 4.78 is 5.30. The largest absolute Gasteiger partial charge is 0.371 e. The molecule has 94 valence electrons. The van der Waals surface area contributed by atoms with Gasteiger partial charge in [-0.05, 0) is 52.4 Å². The minimum absolute atomic E-state index is 0.198. The topological polar surface area (TPSA) is 26.3 Å². The van der Waals surface area contributed by atoms with Crippen LogP contribution >= 0.6 is 0 Å². The number of hydrogen-bond donors (Lipinski definition) is 0. The molecule has 0 fully saturated rings. The van der Waals surface area contributed by atoms with Crippen molar-refractivity contribution in [2.75, 3.05) is 6.61 Å². The molecule has 0 N–H and O–H groups in total.